The summed E-state index contributed by atoms with van der Waals surface area (Å²) < 4.78 is 6.61. The zero-order valence-electron chi connectivity index (χ0n) is 16.4. The Hall–Kier alpha value is -2.97. The maximum absolute atomic E-state index is 13.1. The van der Waals surface area contributed by atoms with Crippen molar-refractivity contribution in [1.29, 1.82) is 0 Å². The average Bonchev–Trinajstić information content (AvgIpc) is 3.46. The van der Waals surface area contributed by atoms with Gasteiger partial charge < -0.3 is 9.84 Å². The first-order valence-electron chi connectivity index (χ1n) is 9.70. The first-order valence-corrected chi connectivity index (χ1v) is 11.4. The van der Waals surface area contributed by atoms with Crippen LogP contribution in [0, 0.1) is 0 Å². The second-order valence-electron chi connectivity index (χ2n) is 7.49. The van der Waals surface area contributed by atoms with Crippen LogP contribution in [0.2, 0.25) is 0 Å². The van der Waals surface area contributed by atoms with Crippen molar-refractivity contribution in [2.24, 2.45) is 0 Å². The average molecular weight is 497 g/mol. The Morgan fingerprint density at radius 2 is 2.00 bits per heavy atom. The number of aliphatic hydroxyl groups excluding tert-OH is 1. The number of amides is 1. The first kappa shape index (κ1) is 20.0. The molecule has 0 saturated carbocycles. The molecule has 0 unspecified atom stereocenters. The number of thiazole rings is 1. The van der Waals surface area contributed by atoms with E-state index < -0.39 is 17.7 Å². The fourth-order valence-corrected chi connectivity index (χ4v) is 4.98. The highest BCUT2D eigenvalue weighted by Gasteiger charge is 2.48. The number of ether oxygens (including phenoxy) is 1. The highest BCUT2D eigenvalue weighted by molar-refractivity contribution is 9.10. The lowest BCUT2D eigenvalue weighted by molar-refractivity contribution is -0.132. The second-order valence-corrected chi connectivity index (χ2v) is 9.28. The van der Waals surface area contributed by atoms with E-state index in [0.717, 1.165) is 22.2 Å². The molecule has 1 N–H and O–H groups in total. The van der Waals surface area contributed by atoms with E-state index in [1.165, 1.54) is 16.2 Å². The van der Waals surface area contributed by atoms with Gasteiger partial charge in [0.15, 0.2) is 5.13 Å². The number of carbonyl (C=O) groups excluding carboxylic acids is 2. The number of fused-ring (bicyclic) bond motifs is 1. The quantitative estimate of drug-likeness (QED) is 0.318. The van der Waals surface area contributed by atoms with E-state index in [0.29, 0.717) is 16.3 Å². The van der Waals surface area contributed by atoms with Gasteiger partial charge in [-0.1, -0.05) is 28.1 Å². The van der Waals surface area contributed by atoms with Crippen molar-refractivity contribution < 1.29 is 19.4 Å². The third kappa shape index (κ3) is 3.36. The van der Waals surface area contributed by atoms with E-state index in [-0.39, 0.29) is 17.4 Å². The third-order valence-electron chi connectivity index (χ3n) is 5.42. The highest BCUT2D eigenvalue weighted by Crippen LogP contribution is 2.43. The summed E-state index contributed by atoms with van der Waals surface area (Å²) >= 11 is 4.68. The molecule has 156 valence electrons. The minimum Gasteiger partial charge on any atom is -0.507 e. The Morgan fingerprint density at radius 1 is 1.23 bits per heavy atom. The summed E-state index contributed by atoms with van der Waals surface area (Å²) in [6.07, 6.45) is 2.37. The molecule has 5 rings (SSSR count). The highest BCUT2D eigenvalue weighted by atomic mass is 79.9. The van der Waals surface area contributed by atoms with E-state index in [9.17, 15) is 14.7 Å². The van der Waals surface area contributed by atoms with Gasteiger partial charge in [-0.2, -0.15) is 0 Å². The van der Waals surface area contributed by atoms with E-state index in [2.05, 4.69) is 20.9 Å². The molecule has 1 fully saturated rings. The summed E-state index contributed by atoms with van der Waals surface area (Å²) in [7, 11) is 0. The largest absolute Gasteiger partial charge is 0.507 e. The molecule has 2 aliphatic heterocycles. The monoisotopic (exact) mass is 496 g/mol. The standard InChI is InChI=1S/C23H17BrN2O4S/c1-12-10-15-11-14(4-7-17(15)30-12)20(27)18-19(13-2-5-16(24)6-3-13)26(22(29)21(18)28)23-25-8-9-31-23/h2-9,11-12,19,27H,10H2,1H3/b20-18+/t12-,19-/m1/s1. The van der Waals surface area contributed by atoms with Gasteiger partial charge in [0.2, 0.25) is 0 Å². The van der Waals surface area contributed by atoms with Crippen LogP contribution in [0.3, 0.4) is 0 Å². The van der Waals surface area contributed by atoms with E-state index in [4.69, 9.17) is 4.74 Å². The fraction of sp³-hybridized carbons (Fsp3) is 0.174. The molecule has 0 aliphatic carbocycles. The van der Waals surface area contributed by atoms with Gasteiger partial charge in [0.1, 0.15) is 17.6 Å². The third-order valence-corrected chi connectivity index (χ3v) is 6.72. The Morgan fingerprint density at radius 3 is 2.71 bits per heavy atom. The zero-order valence-corrected chi connectivity index (χ0v) is 18.8. The smallest absolute Gasteiger partial charge is 0.301 e. The second kappa shape index (κ2) is 7.62. The lowest BCUT2D eigenvalue weighted by Crippen LogP contribution is -2.29. The van der Waals surface area contributed by atoms with Crippen molar-refractivity contribution in [2.45, 2.75) is 25.5 Å². The molecule has 2 aliphatic rings. The van der Waals surface area contributed by atoms with Crippen molar-refractivity contribution in [1.82, 2.24) is 4.98 Å². The number of rotatable bonds is 3. The topological polar surface area (TPSA) is 79.7 Å². The normalized spacial score (nSPS) is 21.9. The van der Waals surface area contributed by atoms with E-state index in [1.54, 1.807) is 23.7 Å². The van der Waals surface area contributed by atoms with E-state index in [1.807, 2.05) is 37.3 Å². The number of aromatic nitrogens is 1. The molecule has 0 bridgehead atoms. The zero-order chi connectivity index (χ0) is 21.7. The molecular weight excluding hydrogens is 480 g/mol. The van der Waals surface area contributed by atoms with Crippen LogP contribution >= 0.6 is 27.3 Å². The van der Waals surface area contributed by atoms with Gasteiger partial charge >= 0.3 is 5.91 Å². The minimum atomic E-state index is -0.775. The van der Waals surface area contributed by atoms with Crippen LogP contribution in [0.5, 0.6) is 5.75 Å². The van der Waals surface area contributed by atoms with Gasteiger partial charge in [-0.05, 0) is 48.4 Å². The molecule has 2 aromatic carbocycles. The number of Topliss-reactive ketones (excluding diaryl/α,β-unsaturated/α-hetero) is 1. The summed E-state index contributed by atoms with van der Waals surface area (Å²) in [5.41, 5.74) is 2.20. The molecule has 6 nitrogen and oxygen atoms in total. The van der Waals surface area contributed by atoms with Crippen LogP contribution in [0.25, 0.3) is 5.76 Å². The molecule has 0 spiro atoms. The molecule has 3 aromatic rings. The summed E-state index contributed by atoms with van der Waals surface area (Å²) in [6, 6.07) is 11.9. The summed E-state index contributed by atoms with van der Waals surface area (Å²) in [6.45, 7) is 1.98. The number of hydrogen-bond donors (Lipinski definition) is 1. The van der Waals surface area contributed by atoms with Crippen LogP contribution in [0.15, 0.2) is 64.1 Å². The molecular formula is C23H17BrN2O4S. The summed E-state index contributed by atoms with van der Waals surface area (Å²) in [5.74, 6) is -0.863. The summed E-state index contributed by atoms with van der Waals surface area (Å²) in [5, 5.41) is 13.4. The lowest BCUT2D eigenvalue weighted by atomic mass is 9.94. The summed E-state index contributed by atoms with van der Waals surface area (Å²) in [4.78, 5) is 31.7. The number of halogens is 1. The predicted molar refractivity (Wildman–Crippen MR) is 121 cm³/mol. The minimum absolute atomic E-state index is 0.0504. The van der Waals surface area contributed by atoms with Crippen LogP contribution in [0.4, 0.5) is 5.13 Å². The van der Waals surface area contributed by atoms with Crippen LogP contribution in [-0.2, 0) is 16.0 Å². The maximum atomic E-state index is 13.1. The van der Waals surface area contributed by atoms with Crippen LogP contribution in [-0.4, -0.2) is 27.9 Å². The van der Waals surface area contributed by atoms with Gasteiger partial charge in [0.05, 0.1) is 11.6 Å². The Bertz CT molecular complexity index is 1220. The molecule has 1 aromatic heterocycles. The van der Waals surface area contributed by atoms with Gasteiger partial charge in [-0.3, -0.25) is 14.5 Å². The van der Waals surface area contributed by atoms with Gasteiger partial charge in [0, 0.05) is 28.0 Å². The maximum Gasteiger partial charge on any atom is 0.301 e. The number of aliphatic hydroxyl groups is 1. The molecule has 31 heavy (non-hydrogen) atoms. The van der Waals surface area contributed by atoms with Gasteiger partial charge in [0.25, 0.3) is 5.78 Å². The number of hydrogen-bond acceptors (Lipinski definition) is 6. The predicted octanol–water partition coefficient (Wildman–Crippen LogP) is 4.86. The molecule has 3 heterocycles. The van der Waals surface area contributed by atoms with Crippen molar-refractivity contribution in [3.63, 3.8) is 0 Å². The van der Waals surface area contributed by atoms with Crippen molar-refractivity contribution >= 4 is 49.8 Å². The number of nitrogens with zero attached hydrogens (tertiary/aromatic N) is 2. The SMILES string of the molecule is C[C@@H]1Cc2cc(/C(O)=C3\C(=O)C(=O)N(c4nccs4)[C@@H]3c3ccc(Br)cc3)ccc2O1. The van der Waals surface area contributed by atoms with Crippen LogP contribution < -0.4 is 9.64 Å². The number of benzene rings is 2. The van der Waals surface area contributed by atoms with E-state index >= 15 is 0 Å². The van der Waals surface area contributed by atoms with Gasteiger partial charge in [-0.15, -0.1) is 11.3 Å². The fourth-order valence-electron chi connectivity index (χ4n) is 4.05. The Balaban J connectivity index is 1.68. The van der Waals surface area contributed by atoms with Crippen molar-refractivity contribution in [3.05, 3.63) is 80.8 Å². The molecule has 0 radical (unpaired) electrons. The number of ketones is 1. The van der Waals surface area contributed by atoms with Gasteiger partial charge in [-0.25, -0.2) is 4.98 Å². The molecule has 1 saturated heterocycles. The molecule has 2 atom stereocenters. The first-order chi connectivity index (χ1) is 14.9. The molecule has 8 heteroatoms. The Labute approximate surface area is 190 Å². The van der Waals surface area contributed by atoms with Crippen LogP contribution in [0.1, 0.15) is 29.7 Å². The molecule has 1 amide bonds. The number of anilines is 1. The van der Waals surface area contributed by atoms with Crippen molar-refractivity contribution in [3.8, 4) is 5.75 Å². The lowest BCUT2D eigenvalue weighted by Gasteiger charge is -2.23. The van der Waals surface area contributed by atoms with Crippen molar-refractivity contribution in [2.75, 3.05) is 4.90 Å². The Kier molecular flexibility index (Phi) is 4.91. The number of carbonyl (C=O) groups is 2.